The van der Waals surface area contributed by atoms with Crippen molar-refractivity contribution < 1.29 is 4.79 Å². The average Bonchev–Trinajstić information content (AvgIpc) is 3.38. The topological polar surface area (TPSA) is 52.6 Å². The first-order valence-electron chi connectivity index (χ1n) is 12.3. The third-order valence-corrected chi connectivity index (χ3v) is 8.38. The average molecular weight is 454 g/mol. The Labute approximate surface area is 195 Å². The first kappa shape index (κ1) is 22.0. The summed E-state index contributed by atoms with van der Waals surface area (Å²) in [6, 6.07) is 8.81. The Hall–Kier alpha value is -1.86. The molecular weight excluding hydrogens is 418 g/mol. The predicted molar refractivity (Wildman–Crippen MR) is 131 cm³/mol. The van der Waals surface area contributed by atoms with Crippen LogP contribution < -0.4 is 4.90 Å². The molecule has 1 aliphatic carbocycles. The number of fused-ring (bicyclic) bond motifs is 1. The van der Waals surface area contributed by atoms with Gasteiger partial charge in [-0.1, -0.05) is 43.7 Å². The highest BCUT2D eigenvalue weighted by Crippen LogP contribution is 2.32. The van der Waals surface area contributed by atoms with Crippen LogP contribution in [-0.4, -0.2) is 76.7 Å². The second-order valence-electron chi connectivity index (χ2n) is 9.65. The van der Waals surface area contributed by atoms with E-state index in [0.29, 0.717) is 5.75 Å². The van der Waals surface area contributed by atoms with Gasteiger partial charge >= 0.3 is 0 Å². The fourth-order valence-corrected chi connectivity index (χ4v) is 6.23. The van der Waals surface area contributed by atoms with Crippen molar-refractivity contribution in [1.82, 2.24) is 19.8 Å². The number of benzene rings is 1. The Morgan fingerprint density at radius 2 is 1.59 bits per heavy atom. The third-order valence-electron chi connectivity index (χ3n) is 7.44. The van der Waals surface area contributed by atoms with Gasteiger partial charge < -0.3 is 9.80 Å². The summed E-state index contributed by atoms with van der Waals surface area (Å²) in [6.07, 6.45) is 7.77. The maximum absolute atomic E-state index is 13.0. The zero-order valence-electron chi connectivity index (χ0n) is 19.2. The lowest BCUT2D eigenvalue weighted by Gasteiger charge is -2.38. The molecule has 0 atom stereocenters. The molecule has 2 saturated heterocycles. The van der Waals surface area contributed by atoms with E-state index in [2.05, 4.69) is 21.6 Å². The molecule has 2 aliphatic heterocycles. The molecule has 3 heterocycles. The largest absolute Gasteiger partial charge is 0.354 e. The minimum atomic E-state index is 0.231. The molecule has 32 heavy (non-hydrogen) atoms. The second-order valence-corrected chi connectivity index (χ2v) is 10.6. The maximum atomic E-state index is 13.0. The summed E-state index contributed by atoms with van der Waals surface area (Å²) in [6.45, 7) is 8.11. The van der Waals surface area contributed by atoms with Gasteiger partial charge in [-0.25, -0.2) is 9.97 Å². The summed E-state index contributed by atoms with van der Waals surface area (Å²) in [5, 5.41) is 0.899. The number of anilines is 1. The molecular formula is C25H35N5OS. The minimum Gasteiger partial charge on any atom is -0.354 e. The molecule has 1 aromatic carbocycles. The van der Waals surface area contributed by atoms with Crippen LogP contribution in [0.2, 0.25) is 0 Å². The number of aromatic nitrogens is 2. The van der Waals surface area contributed by atoms with Crippen molar-refractivity contribution in [3.8, 4) is 0 Å². The van der Waals surface area contributed by atoms with Crippen molar-refractivity contribution >= 4 is 34.5 Å². The summed E-state index contributed by atoms with van der Waals surface area (Å²) < 4.78 is 0. The van der Waals surface area contributed by atoms with E-state index < -0.39 is 0 Å². The highest BCUT2D eigenvalue weighted by atomic mass is 32.2. The van der Waals surface area contributed by atoms with Crippen molar-refractivity contribution in [1.29, 1.82) is 0 Å². The molecule has 3 fully saturated rings. The van der Waals surface area contributed by atoms with Gasteiger partial charge in [0, 0.05) is 45.3 Å². The highest BCUT2D eigenvalue weighted by Gasteiger charge is 2.28. The number of piperazine rings is 1. The number of nitrogens with zero attached hydrogens (tertiary/aromatic N) is 5. The lowest BCUT2D eigenvalue weighted by molar-refractivity contribution is -0.130. The van der Waals surface area contributed by atoms with Gasteiger partial charge in [0.2, 0.25) is 5.91 Å². The molecule has 6 nitrogen and oxygen atoms in total. The van der Waals surface area contributed by atoms with E-state index in [0.717, 1.165) is 73.1 Å². The van der Waals surface area contributed by atoms with Crippen LogP contribution in [0.5, 0.6) is 0 Å². The monoisotopic (exact) mass is 453 g/mol. The summed E-state index contributed by atoms with van der Waals surface area (Å²) in [7, 11) is 0. The third kappa shape index (κ3) is 4.88. The van der Waals surface area contributed by atoms with Gasteiger partial charge in [0.15, 0.2) is 5.82 Å². The molecule has 172 valence electrons. The molecule has 0 spiro atoms. The van der Waals surface area contributed by atoms with Crippen LogP contribution in [0.3, 0.4) is 0 Å². The molecule has 3 aliphatic rings. The van der Waals surface area contributed by atoms with Gasteiger partial charge in [0.25, 0.3) is 0 Å². The first-order chi connectivity index (χ1) is 15.7. The van der Waals surface area contributed by atoms with Crippen molar-refractivity contribution in [2.75, 3.05) is 49.9 Å². The number of thioether (sulfide) groups is 1. The van der Waals surface area contributed by atoms with E-state index in [4.69, 9.17) is 9.97 Å². The minimum absolute atomic E-state index is 0.231. The molecule has 1 saturated carbocycles. The lowest BCUT2D eigenvalue weighted by atomic mass is 9.99. The van der Waals surface area contributed by atoms with Gasteiger partial charge in [-0.3, -0.25) is 9.69 Å². The van der Waals surface area contributed by atoms with E-state index in [1.165, 1.54) is 38.5 Å². The van der Waals surface area contributed by atoms with Crippen LogP contribution >= 0.6 is 11.8 Å². The summed E-state index contributed by atoms with van der Waals surface area (Å²) in [5.74, 6) is 2.39. The smallest absolute Gasteiger partial charge is 0.233 e. The fourth-order valence-electron chi connectivity index (χ4n) is 5.33. The SMILES string of the molecule is CC1CCN(c2nc3ccccc3nc2SCC(=O)N2CCN(C3CCCC3)CC2)CC1. The Balaban J connectivity index is 1.25. The predicted octanol–water partition coefficient (Wildman–Crippen LogP) is 4.05. The van der Waals surface area contributed by atoms with Crippen LogP contribution in [0.1, 0.15) is 45.4 Å². The Bertz CT molecular complexity index is 931. The first-order valence-corrected chi connectivity index (χ1v) is 13.3. The number of hydrogen-bond acceptors (Lipinski definition) is 6. The zero-order valence-corrected chi connectivity index (χ0v) is 20.0. The molecule has 1 aromatic heterocycles. The Morgan fingerprint density at radius 3 is 2.28 bits per heavy atom. The number of para-hydroxylation sites is 2. The summed E-state index contributed by atoms with van der Waals surface area (Å²) in [4.78, 5) is 30.0. The zero-order chi connectivity index (χ0) is 21.9. The van der Waals surface area contributed by atoms with E-state index >= 15 is 0 Å². The van der Waals surface area contributed by atoms with Crippen molar-refractivity contribution in [3.63, 3.8) is 0 Å². The van der Waals surface area contributed by atoms with Crippen LogP contribution in [0.15, 0.2) is 29.3 Å². The quantitative estimate of drug-likeness (QED) is 0.637. The van der Waals surface area contributed by atoms with Gasteiger partial charge in [-0.05, 0) is 43.7 Å². The molecule has 0 unspecified atom stereocenters. The van der Waals surface area contributed by atoms with Gasteiger partial charge in [-0.15, -0.1) is 0 Å². The van der Waals surface area contributed by atoms with Gasteiger partial charge in [0.1, 0.15) is 5.03 Å². The fraction of sp³-hybridized carbons (Fsp3) is 0.640. The molecule has 2 aromatic rings. The number of carbonyl (C=O) groups is 1. The number of amides is 1. The molecule has 5 rings (SSSR count). The van der Waals surface area contributed by atoms with Crippen molar-refractivity contribution in [3.05, 3.63) is 24.3 Å². The standard InChI is InChI=1S/C25H35N5OS/c1-19-10-12-30(13-11-19)24-25(27-22-9-5-4-8-21(22)26-24)32-18-23(31)29-16-14-28(15-17-29)20-6-2-3-7-20/h4-5,8-9,19-20H,2-3,6-7,10-18H2,1H3. The van der Waals surface area contributed by atoms with Crippen LogP contribution in [-0.2, 0) is 4.79 Å². The van der Waals surface area contributed by atoms with E-state index in [1.54, 1.807) is 11.8 Å². The van der Waals surface area contributed by atoms with Gasteiger partial charge in [0.05, 0.1) is 16.8 Å². The Kier molecular flexibility index (Phi) is 6.83. The summed E-state index contributed by atoms with van der Waals surface area (Å²) >= 11 is 1.56. The normalized spacial score (nSPS) is 21.5. The molecule has 0 bridgehead atoms. The summed E-state index contributed by atoms with van der Waals surface area (Å²) in [5.41, 5.74) is 1.83. The van der Waals surface area contributed by atoms with E-state index in [1.807, 2.05) is 24.3 Å². The Morgan fingerprint density at radius 1 is 0.938 bits per heavy atom. The number of hydrogen-bond donors (Lipinski definition) is 0. The molecule has 0 N–H and O–H groups in total. The van der Waals surface area contributed by atoms with Crippen molar-refractivity contribution in [2.45, 2.75) is 56.5 Å². The molecule has 7 heteroatoms. The van der Waals surface area contributed by atoms with Crippen LogP contribution in [0, 0.1) is 5.92 Å². The van der Waals surface area contributed by atoms with Gasteiger partial charge in [-0.2, -0.15) is 0 Å². The highest BCUT2D eigenvalue weighted by molar-refractivity contribution is 8.00. The van der Waals surface area contributed by atoms with Crippen LogP contribution in [0.25, 0.3) is 11.0 Å². The van der Waals surface area contributed by atoms with Crippen LogP contribution in [0.4, 0.5) is 5.82 Å². The van der Waals surface area contributed by atoms with E-state index in [-0.39, 0.29) is 5.91 Å². The number of piperidine rings is 1. The van der Waals surface area contributed by atoms with E-state index in [9.17, 15) is 4.79 Å². The second kappa shape index (κ2) is 9.96. The number of carbonyl (C=O) groups excluding carboxylic acids is 1. The number of rotatable bonds is 5. The molecule has 0 radical (unpaired) electrons. The maximum Gasteiger partial charge on any atom is 0.233 e. The lowest BCUT2D eigenvalue weighted by Crippen LogP contribution is -2.51. The van der Waals surface area contributed by atoms with Crippen molar-refractivity contribution in [2.24, 2.45) is 5.92 Å². The molecule has 1 amide bonds.